The van der Waals surface area contributed by atoms with Gasteiger partial charge in [0.1, 0.15) is 30.3 Å². The van der Waals surface area contributed by atoms with Crippen molar-refractivity contribution >= 4 is 34.7 Å². The summed E-state index contributed by atoms with van der Waals surface area (Å²) in [7, 11) is 3.41. The molecule has 2 bridgehead atoms. The standard InChI is InChI=1S/C23H29N7O4/c1-29-7-6-24-21-20-18(23(32)28-22(20)27-15-26-21)13-25-16-4-3-5-17(12-16)34-11-9-30(8-10-33-2)14-19(29)31/h3-5,12-13,15,25H,6-11,14H2,1-2H3,(H2,24,26,27,28,32)/b18-13-. The third-order valence-corrected chi connectivity index (χ3v) is 5.62. The molecule has 0 atom stereocenters. The first-order valence-electron chi connectivity index (χ1n) is 11.1. The second kappa shape index (κ2) is 10.9. The van der Waals surface area contributed by atoms with Crippen LogP contribution < -0.4 is 20.7 Å². The van der Waals surface area contributed by atoms with Crippen LogP contribution in [0.25, 0.3) is 5.57 Å². The van der Waals surface area contributed by atoms with E-state index in [-0.39, 0.29) is 18.4 Å². The van der Waals surface area contributed by atoms with Gasteiger partial charge in [0.25, 0.3) is 5.91 Å². The highest BCUT2D eigenvalue weighted by Crippen LogP contribution is 2.34. The number of amides is 2. The maximum absolute atomic E-state index is 12.8. The number of hydrogen-bond acceptors (Lipinski definition) is 9. The van der Waals surface area contributed by atoms with Crippen molar-refractivity contribution in [3.05, 3.63) is 42.4 Å². The molecule has 2 amide bonds. The minimum atomic E-state index is -0.267. The van der Waals surface area contributed by atoms with E-state index in [0.717, 1.165) is 5.69 Å². The molecule has 0 aliphatic carbocycles. The van der Waals surface area contributed by atoms with Gasteiger partial charge in [-0.2, -0.15) is 0 Å². The molecule has 34 heavy (non-hydrogen) atoms. The van der Waals surface area contributed by atoms with Gasteiger partial charge in [0, 0.05) is 58.3 Å². The maximum Gasteiger partial charge on any atom is 0.259 e. The second-order valence-corrected chi connectivity index (χ2v) is 7.99. The summed E-state index contributed by atoms with van der Waals surface area (Å²) in [5.74, 6) is 1.38. The van der Waals surface area contributed by atoms with Crippen molar-refractivity contribution in [2.45, 2.75) is 0 Å². The Morgan fingerprint density at radius 2 is 2.03 bits per heavy atom. The van der Waals surface area contributed by atoms with E-state index >= 15 is 0 Å². The molecule has 3 N–H and O–H groups in total. The number of hydrogen-bond donors (Lipinski definition) is 3. The normalized spacial score (nSPS) is 18.9. The molecule has 2 aromatic rings. The smallest absolute Gasteiger partial charge is 0.259 e. The van der Waals surface area contributed by atoms with Gasteiger partial charge in [-0.3, -0.25) is 14.5 Å². The van der Waals surface area contributed by atoms with Crippen LogP contribution in [0.15, 0.2) is 36.8 Å². The molecule has 0 spiro atoms. The molecular formula is C23H29N7O4. The molecule has 3 heterocycles. The van der Waals surface area contributed by atoms with Gasteiger partial charge in [-0.25, -0.2) is 9.97 Å². The number of carbonyl (C=O) groups excluding carboxylic acids is 2. The van der Waals surface area contributed by atoms with E-state index < -0.39 is 0 Å². The highest BCUT2D eigenvalue weighted by atomic mass is 16.5. The summed E-state index contributed by atoms with van der Waals surface area (Å²) in [6, 6.07) is 7.47. The van der Waals surface area contributed by atoms with E-state index in [0.29, 0.717) is 67.9 Å². The first kappa shape index (κ1) is 23.5. The van der Waals surface area contributed by atoms with Crippen LogP contribution in [-0.2, 0) is 14.3 Å². The van der Waals surface area contributed by atoms with Crippen molar-refractivity contribution in [3.63, 3.8) is 0 Å². The Bertz CT molecular complexity index is 1080. The molecule has 4 rings (SSSR count). The van der Waals surface area contributed by atoms with Crippen LogP contribution in [0.5, 0.6) is 5.75 Å². The average molecular weight is 468 g/mol. The first-order valence-corrected chi connectivity index (χ1v) is 11.1. The SMILES string of the molecule is COCCN1CCOc2cccc(c2)N/C=C2\C(=O)Nc3ncnc(c32)NCCN(C)C(=O)C1. The number of nitrogens with one attached hydrogen (secondary N) is 3. The Morgan fingerprint density at radius 3 is 2.88 bits per heavy atom. The fraction of sp³-hybridized carbons (Fsp3) is 0.391. The Balaban J connectivity index is 1.61. The van der Waals surface area contributed by atoms with Crippen molar-refractivity contribution in [1.82, 2.24) is 19.8 Å². The summed E-state index contributed by atoms with van der Waals surface area (Å²) in [4.78, 5) is 37.6. The molecule has 0 saturated heterocycles. The zero-order chi connectivity index (χ0) is 23.9. The topological polar surface area (TPSA) is 121 Å². The van der Waals surface area contributed by atoms with Crippen molar-refractivity contribution in [2.24, 2.45) is 0 Å². The zero-order valence-corrected chi connectivity index (χ0v) is 19.3. The van der Waals surface area contributed by atoms with Crippen LogP contribution in [0.1, 0.15) is 5.56 Å². The Morgan fingerprint density at radius 1 is 1.18 bits per heavy atom. The molecule has 1 aromatic heterocycles. The second-order valence-electron chi connectivity index (χ2n) is 7.99. The molecule has 180 valence electrons. The van der Waals surface area contributed by atoms with Gasteiger partial charge >= 0.3 is 0 Å². The minimum absolute atomic E-state index is 0.00411. The molecular weight excluding hydrogens is 438 g/mol. The van der Waals surface area contributed by atoms with Gasteiger partial charge < -0.3 is 30.3 Å². The van der Waals surface area contributed by atoms with Crippen molar-refractivity contribution < 1.29 is 19.1 Å². The summed E-state index contributed by atoms with van der Waals surface area (Å²) < 4.78 is 11.1. The number of anilines is 3. The van der Waals surface area contributed by atoms with Crippen LogP contribution in [0.4, 0.5) is 17.3 Å². The number of methoxy groups -OCH3 is 1. The third kappa shape index (κ3) is 5.61. The average Bonchev–Trinajstić information content (AvgIpc) is 3.16. The van der Waals surface area contributed by atoms with E-state index in [1.807, 2.05) is 29.2 Å². The summed E-state index contributed by atoms with van der Waals surface area (Å²) >= 11 is 0. The van der Waals surface area contributed by atoms with Gasteiger partial charge in [0.05, 0.1) is 24.3 Å². The monoisotopic (exact) mass is 467 g/mol. The van der Waals surface area contributed by atoms with Crippen LogP contribution in [0.2, 0.25) is 0 Å². The lowest BCUT2D eigenvalue weighted by Gasteiger charge is -2.25. The molecule has 0 fully saturated rings. The largest absolute Gasteiger partial charge is 0.492 e. The Kier molecular flexibility index (Phi) is 7.55. The minimum Gasteiger partial charge on any atom is -0.492 e. The Hall–Kier alpha value is -3.70. The summed E-state index contributed by atoms with van der Waals surface area (Å²) in [6.45, 7) is 3.34. The van der Waals surface area contributed by atoms with Gasteiger partial charge in [-0.1, -0.05) is 6.07 Å². The summed E-state index contributed by atoms with van der Waals surface area (Å²) in [5, 5.41) is 9.19. The van der Waals surface area contributed by atoms with Crippen molar-refractivity contribution in [1.29, 1.82) is 0 Å². The molecule has 0 radical (unpaired) electrons. The highest BCUT2D eigenvalue weighted by Gasteiger charge is 2.29. The maximum atomic E-state index is 12.8. The molecule has 0 saturated carbocycles. The van der Waals surface area contributed by atoms with E-state index in [9.17, 15) is 9.59 Å². The predicted molar refractivity (Wildman–Crippen MR) is 129 cm³/mol. The fourth-order valence-corrected chi connectivity index (χ4v) is 3.69. The number of carbonyl (C=O) groups is 2. The van der Waals surface area contributed by atoms with Crippen LogP contribution in [0, 0.1) is 0 Å². The quantitative estimate of drug-likeness (QED) is 0.609. The van der Waals surface area contributed by atoms with Crippen LogP contribution in [-0.4, -0.2) is 91.7 Å². The number of rotatable bonds is 3. The van der Waals surface area contributed by atoms with Crippen LogP contribution >= 0.6 is 0 Å². The molecule has 2 aliphatic rings. The van der Waals surface area contributed by atoms with E-state index in [1.54, 1.807) is 25.3 Å². The lowest BCUT2D eigenvalue weighted by atomic mass is 10.1. The van der Waals surface area contributed by atoms with E-state index in [2.05, 4.69) is 25.9 Å². The lowest BCUT2D eigenvalue weighted by molar-refractivity contribution is -0.131. The molecule has 0 unspecified atom stereocenters. The van der Waals surface area contributed by atoms with Gasteiger partial charge in [0.15, 0.2) is 0 Å². The predicted octanol–water partition coefficient (Wildman–Crippen LogP) is 1.09. The molecule has 1 aromatic carbocycles. The first-order chi connectivity index (χ1) is 16.5. The van der Waals surface area contributed by atoms with E-state index in [1.165, 1.54) is 6.33 Å². The van der Waals surface area contributed by atoms with Gasteiger partial charge in [-0.15, -0.1) is 0 Å². The molecule has 11 heteroatoms. The highest BCUT2D eigenvalue weighted by molar-refractivity contribution is 6.32. The third-order valence-electron chi connectivity index (χ3n) is 5.62. The zero-order valence-electron chi connectivity index (χ0n) is 19.3. The molecule has 2 aliphatic heterocycles. The Labute approximate surface area is 198 Å². The number of ether oxygens (including phenoxy) is 2. The number of benzene rings is 1. The summed E-state index contributed by atoms with van der Waals surface area (Å²) in [5.41, 5.74) is 1.78. The van der Waals surface area contributed by atoms with Crippen LogP contribution in [0.3, 0.4) is 0 Å². The number of likely N-dealkylation sites (N-methyl/N-ethyl adjacent to an activating group) is 1. The van der Waals surface area contributed by atoms with Gasteiger partial charge in [-0.05, 0) is 12.1 Å². The van der Waals surface area contributed by atoms with E-state index in [4.69, 9.17) is 9.47 Å². The number of fused-ring (bicyclic) bond motifs is 2. The lowest BCUT2D eigenvalue weighted by Crippen LogP contribution is -2.42. The molecule has 11 nitrogen and oxygen atoms in total. The summed E-state index contributed by atoms with van der Waals surface area (Å²) in [6.07, 6.45) is 3.03. The van der Waals surface area contributed by atoms with Gasteiger partial charge in [0.2, 0.25) is 5.91 Å². The number of aromatic nitrogens is 2. The van der Waals surface area contributed by atoms with Crippen molar-refractivity contribution in [3.8, 4) is 5.75 Å². The number of nitrogens with zero attached hydrogens (tertiary/aromatic N) is 4. The fourth-order valence-electron chi connectivity index (χ4n) is 3.69. The van der Waals surface area contributed by atoms with Crippen molar-refractivity contribution in [2.75, 3.05) is 76.0 Å².